The van der Waals surface area contributed by atoms with E-state index >= 15 is 0 Å². The van der Waals surface area contributed by atoms with Gasteiger partial charge in [0.05, 0.1) is 11.5 Å². The molecule has 0 saturated carbocycles. The first kappa shape index (κ1) is 16.0. The van der Waals surface area contributed by atoms with E-state index in [2.05, 4.69) is 20.6 Å². The first-order chi connectivity index (χ1) is 10.9. The van der Waals surface area contributed by atoms with E-state index in [1.54, 1.807) is 6.07 Å². The highest BCUT2D eigenvalue weighted by atomic mass is 35.5. The second-order valence-electron chi connectivity index (χ2n) is 5.57. The van der Waals surface area contributed by atoms with Gasteiger partial charge in [-0.05, 0) is 31.0 Å². The minimum atomic E-state index is -2.92. The molecule has 1 aromatic carbocycles. The molecular formula is C15H17ClN4O2S. The van der Waals surface area contributed by atoms with Crippen molar-refractivity contribution >= 4 is 38.8 Å². The second kappa shape index (κ2) is 6.33. The lowest BCUT2D eigenvalue weighted by molar-refractivity contribution is 0.602. The maximum atomic E-state index is 11.5. The van der Waals surface area contributed by atoms with Gasteiger partial charge < -0.3 is 10.6 Å². The van der Waals surface area contributed by atoms with Crippen LogP contribution in [0.4, 0.5) is 17.3 Å². The molecular weight excluding hydrogens is 336 g/mol. The van der Waals surface area contributed by atoms with Crippen molar-refractivity contribution in [3.8, 4) is 0 Å². The lowest BCUT2D eigenvalue weighted by atomic mass is 10.2. The maximum Gasteiger partial charge on any atom is 0.152 e. The van der Waals surface area contributed by atoms with Gasteiger partial charge in [0.15, 0.2) is 9.84 Å². The third-order valence-corrected chi connectivity index (χ3v) is 5.96. The summed E-state index contributed by atoms with van der Waals surface area (Å²) >= 11 is 6.11. The van der Waals surface area contributed by atoms with Crippen molar-refractivity contribution < 1.29 is 8.42 Å². The van der Waals surface area contributed by atoms with Gasteiger partial charge in [-0.25, -0.2) is 18.4 Å². The number of rotatable bonds is 4. The molecule has 2 aromatic rings. The van der Waals surface area contributed by atoms with Crippen LogP contribution in [0.3, 0.4) is 0 Å². The Hall–Kier alpha value is -1.86. The number of hydrogen-bond acceptors (Lipinski definition) is 6. The van der Waals surface area contributed by atoms with Crippen molar-refractivity contribution in [1.29, 1.82) is 0 Å². The molecule has 2 N–H and O–H groups in total. The third kappa shape index (κ3) is 3.92. The van der Waals surface area contributed by atoms with Crippen LogP contribution in [0.5, 0.6) is 0 Å². The molecule has 0 aliphatic carbocycles. The van der Waals surface area contributed by atoms with Gasteiger partial charge in [-0.2, -0.15) is 0 Å². The van der Waals surface area contributed by atoms with Crippen molar-refractivity contribution in [3.63, 3.8) is 0 Å². The number of anilines is 3. The SMILES string of the molecule is Cc1c(Cl)cccc1Nc1cc(NC2CCS(=O)(=O)C2)ncn1. The van der Waals surface area contributed by atoms with Gasteiger partial charge in [-0.3, -0.25) is 0 Å². The van der Waals surface area contributed by atoms with Gasteiger partial charge in [0, 0.05) is 22.8 Å². The van der Waals surface area contributed by atoms with Crippen LogP contribution in [-0.4, -0.2) is 35.9 Å². The summed E-state index contributed by atoms with van der Waals surface area (Å²) in [5.41, 5.74) is 1.80. The smallest absolute Gasteiger partial charge is 0.152 e. The molecule has 23 heavy (non-hydrogen) atoms. The molecule has 122 valence electrons. The molecule has 0 spiro atoms. The van der Waals surface area contributed by atoms with Crippen molar-refractivity contribution in [1.82, 2.24) is 9.97 Å². The molecule has 1 unspecified atom stereocenters. The number of hydrogen-bond donors (Lipinski definition) is 2. The lowest BCUT2D eigenvalue weighted by Crippen LogP contribution is -2.21. The molecule has 1 aromatic heterocycles. The molecule has 0 bridgehead atoms. The zero-order valence-electron chi connectivity index (χ0n) is 12.6. The fourth-order valence-corrected chi connectivity index (χ4v) is 4.35. The molecule has 1 aliphatic rings. The summed E-state index contributed by atoms with van der Waals surface area (Å²) in [6.07, 6.45) is 2.04. The van der Waals surface area contributed by atoms with Crippen LogP contribution in [0.1, 0.15) is 12.0 Å². The van der Waals surface area contributed by atoms with E-state index in [0.29, 0.717) is 23.1 Å². The molecule has 6 nitrogen and oxygen atoms in total. The standard InChI is InChI=1S/C15H17ClN4O2S/c1-10-12(16)3-2-4-13(10)20-15-7-14(17-9-18-15)19-11-5-6-23(21,22)8-11/h2-4,7,9,11H,5-6,8H2,1H3,(H2,17,18,19,20). The quantitative estimate of drug-likeness (QED) is 0.880. The van der Waals surface area contributed by atoms with Gasteiger partial charge in [0.2, 0.25) is 0 Å². The number of aromatic nitrogens is 2. The molecule has 3 rings (SSSR count). The van der Waals surface area contributed by atoms with E-state index < -0.39 is 9.84 Å². The Balaban J connectivity index is 1.74. The van der Waals surface area contributed by atoms with Crippen molar-refractivity contribution in [3.05, 3.63) is 41.2 Å². The topological polar surface area (TPSA) is 84.0 Å². The van der Waals surface area contributed by atoms with E-state index in [1.807, 2.05) is 25.1 Å². The summed E-state index contributed by atoms with van der Waals surface area (Å²) in [6, 6.07) is 7.26. The van der Waals surface area contributed by atoms with Crippen LogP contribution in [0.15, 0.2) is 30.6 Å². The Morgan fingerprint density at radius 1 is 1.26 bits per heavy atom. The maximum absolute atomic E-state index is 11.5. The van der Waals surface area contributed by atoms with E-state index in [0.717, 1.165) is 11.3 Å². The van der Waals surface area contributed by atoms with Crippen LogP contribution in [-0.2, 0) is 9.84 Å². The van der Waals surface area contributed by atoms with E-state index in [9.17, 15) is 8.42 Å². The molecule has 1 atom stereocenters. The third-order valence-electron chi connectivity index (χ3n) is 3.78. The average Bonchev–Trinajstić information content (AvgIpc) is 2.83. The molecule has 0 radical (unpaired) electrons. The summed E-state index contributed by atoms with van der Waals surface area (Å²) in [5.74, 6) is 1.59. The normalized spacial score (nSPS) is 19.5. The fourth-order valence-electron chi connectivity index (χ4n) is 2.50. The molecule has 1 saturated heterocycles. The van der Waals surface area contributed by atoms with Crippen LogP contribution >= 0.6 is 11.6 Å². The Labute approximate surface area is 140 Å². The van der Waals surface area contributed by atoms with Gasteiger partial charge >= 0.3 is 0 Å². The Morgan fingerprint density at radius 2 is 2.04 bits per heavy atom. The Morgan fingerprint density at radius 3 is 2.78 bits per heavy atom. The molecule has 1 aliphatic heterocycles. The van der Waals surface area contributed by atoms with E-state index in [1.165, 1.54) is 6.33 Å². The van der Waals surface area contributed by atoms with Gasteiger partial charge in [0.1, 0.15) is 18.0 Å². The van der Waals surface area contributed by atoms with Crippen LogP contribution in [0.25, 0.3) is 0 Å². The second-order valence-corrected chi connectivity index (χ2v) is 8.21. The van der Waals surface area contributed by atoms with Crippen molar-refractivity contribution in [2.75, 3.05) is 22.1 Å². The summed E-state index contributed by atoms with van der Waals surface area (Å²) in [6.45, 7) is 1.93. The number of nitrogens with one attached hydrogen (secondary N) is 2. The molecule has 2 heterocycles. The summed E-state index contributed by atoms with van der Waals surface area (Å²) < 4.78 is 23.0. The Bertz CT molecular complexity index is 826. The van der Waals surface area contributed by atoms with E-state index in [4.69, 9.17) is 11.6 Å². The number of halogens is 1. The monoisotopic (exact) mass is 352 g/mol. The minimum Gasteiger partial charge on any atom is -0.366 e. The summed E-state index contributed by atoms with van der Waals surface area (Å²) in [4.78, 5) is 8.33. The number of sulfone groups is 1. The highest BCUT2D eigenvalue weighted by Crippen LogP contribution is 2.26. The zero-order chi connectivity index (χ0) is 16.4. The average molecular weight is 353 g/mol. The number of benzene rings is 1. The Kier molecular flexibility index (Phi) is 4.41. The predicted molar refractivity (Wildman–Crippen MR) is 92.2 cm³/mol. The largest absolute Gasteiger partial charge is 0.366 e. The summed E-state index contributed by atoms with van der Waals surface area (Å²) in [5, 5.41) is 7.03. The van der Waals surface area contributed by atoms with Gasteiger partial charge in [0.25, 0.3) is 0 Å². The highest BCUT2D eigenvalue weighted by molar-refractivity contribution is 7.91. The minimum absolute atomic E-state index is 0.101. The lowest BCUT2D eigenvalue weighted by Gasteiger charge is -2.13. The van der Waals surface area contributed by atoms with Gasteiger partial charge in [-0.15, -0.1) is 0 Å². The highest BCUT2D eigenvalue weighted by Gasteiger charge is 2.27. The fraction of sp³-hybridized carbons (Fsp3) is 0.333. The van der Waals surface area contributed by atoms with Crippen LogP contribution < -0.4 is 10.6 Å². The molecule has 0 amide bonds. The van der Waals surface area contributed by atoms with Crippen LogP contribution in [0.2, 0.25) is 5.02 Å². The zero-order valence-corrected chi connectivity index (χ0v) is 14.2. The molecule has 1 fully saturated rings. The first-order valence-corrected chi connectivity index (χ1v) is 9.44. The predicted octanol–water partition coefficient (Wildman–Crippen LogP) is 2.78. The first-order valence-electron chi connectivity index (χ1n) is 7.24. The molecule has 8 heteroatoms. The number of nitrogens with zero attached hydrogens (tertiary/aromatic N) is 2. The van der Waals surface area contributed by atoms with E-state index in [-0.39, 0.29) is 17.5 Å². The van der Waals surface area contributed by atoms with Crippen molar-refractivity contribution in [2.45, 2.75) is 19.4 Å². The van der Waals surface area contributed by atoms with Crippen LogP contribution in [0, 0.1) is 6.92 Å². The van der Waals surface area contributed by atoms with Crippen molar-refractivity contribution in [2.24, 2.45) is 0 Å². The summed E-state index contributed by atoms with van der Waals surface area (Å²) in [7, 11) is -2.92. The van der Waals surface area contributed by atoms with Gasteiger partial charge in [-0.1, -0.05) is 17.7 Å².